The summed E-state index contributed by atoms with van der Waals surface area (Å²) < 4.78 is 0. The van der Waals surface area contributed by atoms with Gasteiger partial charge in [-0.3, -0.25) is 19.2 Å². The highest BCUT2D eigenvalue weighted by molar-refractivity contribution is 5.89. The first-order valence-electron chi connectivity index (χ1n) is 12.2. The summed E-state index contributed by atoms with van der Waals surface area (Å²) in [7, 11) is 0. The fraction of sp³-hybridized carbons (Fsp3) is 0.407. The molecule has 1 unspecified atom stereocenters. The molecule has 0 aliphatic heterocycles. The van der Waals surface area contributed by atoms with Crippen molar-refractivity contribution >= 4 is 23.6 Å². The number of amides is 4. The van der Waals surface area contributed by atoms with Crippen LogP contribution in [0.2, 0.25) is 0 Å². The predicted molar refractivity (Wildman–Crippen MR) is 139 cm³/mol. The lowest BCUT2D eigenvalue weighted by atomic mass is 10.1. The molecule has 4 N–H and O–H groups in total. The second kappa shape index (κ2) is 18.4. The molecule has 36 heavy (non-hydrogen) atoms. The summed E-state index contributed by atoms with van der Waals surface area (Å²) in [6.07, 6.45) is 3.72. The van der Waals surface area contributed by atoms with Crippen molar-refractivity contribution in [3.63, 3.8) is 0 Å². The average Bonchev–Trinajstić information content (AvgIpc) is 2.90. The molecule has 2 aromatic carbocycles. The maximum absolute atomic E-state index is 11.9. The van der Waals surface area contributed by atoms with Crippen molar-refractivity contribution in [3.8, 4) is 5.75 Å². The molecule has 0 aliphatic rings. The molecule has 0 fully saturated rings. The summed E-state index contributed by atoms with van der Waals surface area (Å²) in [5.41, 5.74) is 3.32. The molecule has 0 saturated heterocycles. The van der Waals surface area contributed by atoms with Gasteiger partial charge in [-0.15, -0.1) is 0 Å². The van der Waals surface area contributed by atoms with Gasteiger partial charge in [-0.05, 0) is 37.5 Å². The standard InChI is InChI=1S/C20H23N3O4.C7H15NO/c1-15(20(26)23-27-17-10-6-3-7-11-17)22-19(25)14-21-18(24)13-12-16-8-4-2-5-9-16;1-3-5-6-8-7(9)4-2/h2-11,15H,12-14H2,1H3,(H,21,24)(H,22,25)(H,23,26);3-6H2,1-2H3,(H,8,9). The molecule has 9 heteroatoms. The zero-order chi connectivity index (χ0) is 26.6. The number of para-hydroxylation sites is 1. The van der Waals surface area contributed by atoms with Gasteiger partial charge in [0.25, 0.3) is 5.91 Å². The van der Waals surface area contributed by atoms with Crippen molar-refractivity contribution in [3.05, 3.63) is 66.2 Å². The van der Waals surface area contributed by atoms with Crippen LogP contribution in [0.5, 0.6) is 5.75 Å². The van der Waals surface area contributed by atoms with Crippen LogP contribution in [-0.2, 0) is 25.6 Å². The topological polar surface area (TPSA) is 126 Å². The van der Waals surface area contributed by atoms with E-state index in [-0.39, 0.29) is 24.8 Å². The third-order valence-electron chi connectivity index (χ3n) is 4.89. The molecule has 2 aromatic rings. The fourth-order valence-electron chi connectivity index (χ4n) is 2.74. The van der Waals surface area contributed by atoms with Crippen LogP contribution in [0.15, 0.2) is 60.7 Å². The Morgan fingerprint density at radius 1 is 0.833 bits per heavy atom. The fourth-order valence-corrected chi connectivity index (χ4v) is 2.74. The van der Waals surface area contributed by atoms with E-state index >= 15 is 0 Å². The Hall–Kier alpha value is -3.88. The van der Waals surface area contributed by atoms with Gasteiger partial charge in [0.15, 0.2) is 5.75 Å². The quantitative estimate of drug-likeness (QED) is 0.250. The number of nitrogens with one attached hydrogen (secondary N) is 4. The van der Waals surface area contributed by atoms with Gasteiger partial charge in [0, 0.05) is 19.4 Å². The second-order valence-corrected chi connectivity index (χ2v) is 7.99. The Kier molecular flexibility index (Phi) is 15.5. The normalized spacial score (nSPS) is 10.6. The van der Waals surface area contributed by atoms with Gasteiger partial charge in [-0.25, -0.2) is 0 Å². The van der Waals surface area contributed by atoms with E-state index in [2.05, 4.69) is 28.4 Å². The summed E-state index contributed by atoms with van der Waals surface area (Å²) in [5.74, 6) is -0.537. The van der Waals surface area contributed by atoms with Gasteiger partial charge in [0.1, 0.15) is 6.04 Å². The molecule has 0 aromatic heterocycles. The third-order valence-corrected chi connectivity index (χ3v) is 4.89. The van der Waals surface area contributed by atoms with Crippen LogP contribution in [-0.4, -0.2) is 42.8 Å². The van der Waals surface area contributed by atoms with E-state index in [0.29, 0.717) is 18.6 Å². The number of rotatable bonds is 13. The number of carbonyl (C=O) groups is 4. The van der Waals surface area contributed by atoms with E-state index in [0.717, 1.165) is 24.9 Å². The summed E-state index contributed by atoms with van der Waals surface area (Å²) >= 11 is 0. The minimum Gasteiger partial charge on any atom is -0.379 e. The van der Waals surface area contributed by atoms with Crippen molar-refractivity contribution in [1.29, 1.82) is 0 Å². The van der Waals surface area contributed by atoms with Gasteiger partial charge < -0.3 is 20.8 Å². The highest BCUT2D eigenvalue weighted by Gasteiger charge is 2.16. The molecular weight excluding hydrogens is 460 g/mol. The van der Waals surface area contributed by atoms with Gasteiger partial charge in [-0.2, -0.15) is 5.48 Å². The maximum atomic E-state index is 11.9. The number of unbranched alkanes of at least 4 members (excludes halogenated alkanes) is 1. The summed E-state index contributed by atoms with van der Waals surface area (Å²) in [5, 5.41) is 7.83. The Morgan fingerprint density at radius 3 is 2.08 bits per heavy atom. The number of aryl methyl sites for hydroxylation is 1. The minimum absolute atomic E-state index is 0.156. The SMILES string of the molecule is CC(NC(=O)CNC(=O)CCc1ccccc1)C(=O)NOc1ccccc1.CCCCNC(=O)CC. The van der Waals surface area contributed by atoms with E-state index in [9.17, 15) is 19.2 Å². The van der Waals surface area contributed by atoms with Crippen molar-refractivity contribution in [2.75, 3.05) is 13.1 Å². The molecule has 0 radical (unpaired) electrons. The Morgan fingerprint density at radius 2 is 1.47 bits per heavy atom. The van der Waals surface area contributed by atoms with E-state index in [1.54, 1.807) is 24.3 Å². The van der Waals surface area contributed by atoms with E-state index < -0.39 is 17.9 Å². The van der Waals surface area contributed by atoms with Crippen LogP contribution in [0, 0.1) is 0 Å². The molecular formula is C27H38N4O5. The van der Waals surface area contributed by atoms with E-state index in [1.807, 2.05) is 43.3 Å². The first kappa shape index (κ1) is 30.2. The Bertz CT molecular complexity index is 922. The smallest absolute Gasteiger partial charge is 0.274 e. The molecule has 9 nitrogen and oxygen atoms in total. The molecule has 0 spiro atoms. The van der Waals surface area contributed by atoms with Crippen molar-refractivity contribution < 1.29 is 24.0 Å². The molecule has 0 heterocycles. The molecule has 0 saturated carbocycles. The van der Waals surface area contributed by atoms with Crippen LogP contribution in [0.25, 0.3) is 0 Å². The van der Waals surface area contributed by atoms with E-state index in [1.165, 1.54) is 6.92 Å². The van der Waals surface area contributed by atoms with Crippen LogP contribution in [0.4, 0.5) is 0 Å². The van der Waals surface area contributed by atoms with Crippen molar-refractivity contribution in [2.45, 2.75) is 58.9 Å². The number of hydrogen-bond donors (Lipinski definition) is 4. The summed E-state index contributed by atoms with van der Waals surface area (Å²) in [6.45, 7) is 6.14. The Balaban J connectivity index is 0.000000613. The molecule has 1 atom stereocenters. The van der Waals surface area contributed by atoms with Crippen LogP contribution < -0.4 is 26.3 Å². The first-order valence-corrected chi connectivity index (χ1v) is 12.2. The van der Waals surface area contributed by atoms with Gasteiger partial charge in [-0.1, -0.05) is 68.8 Å². The number of carbonyl (C=O) groups excluding carboxylic acids is 4. The zero-order valence-electron chi connectivity index (χ0n) is 21.3. The van der Waals surface area contributed by atoms with Crippen LogP contribution in [0.3, 0.4) is 0 Å². The Labute approximate surface area is 213 Å². The number of hydroxylamine groups is 1. The lowest BCUT2D eigenvalue weighted by Gasteiger charge is -2.14. The van der Waals surface area contributed by atoms with Crippen LogP contribution in [0.1, 0.15) is 52.0 Å². The lowest BCUT2D eigenvalue weighted by molar-refractivity contribution is -0.133. The lowest BCUT2D eigenvalue weighted by Crippen LogP contribution is -2.48. The first-order chi connectivity index (χ1) is 17.3. The summed E-state index contributed by atoms with van der Waals surface area (Å²) in [4.78, 5) is 51.3. The minimum atomic E-state index is -0.803. The second-order valence-electron chi connectivity index (χ2n) is 7.99. The number of hydrogen-bond acceptors (Lipinski definition) is 5. The summed E-state index contributed by atoms with van der Waals surface area (Å²) in [6, 6.07) is 17.6. The molecule has 196 valence electrons. The molecule has 0 aliphatic carbocycles. The highest BCUT2D eigenvalue weighted by Crippen LogP contribution is 2.06. The van der Waals surface area contributed by atoms with Gasteiger partial charge >= 0.3 is 0 Å². The monoisotopic (exact) mass is 498 g/mol. The van der Waals surface area contributed by atoms with Crippen molar-refractivity contribution in [1.82, 2.24) is 21.4 Å². The highest BCUT2D eigenvalue weighted by atomic mass is 16.7. The molecule has 2 rings (SSSR count). The van der Waals surface area contributed by atoms with Crippen molar-refractivity contribution in [2.24, 2.45) is 0 Å². The molecule has 4 amide bonds. The maximum Gasteiger partial charge on any atom is 0.274 e. The van der Waals surface area contributed by atoms with Gasteiger partial charge in [0.05, 0.1) is 6.54 Å². The number of benzene rings is 2. The zero-order valence-corrected chi connectivity index (χ0v) is 21.3. The third kappa shape index (κ3) is 14.4. The molecule has 0 bridgehead atoms. The van der Waals surface area contributed by atoms with Gasteiger partial charge in [0.2, 0.25) is 17.7 Å². The van der Waals surface area contributed by atoms with Crippen LogP contribution >= 0.6 is 0 Å². The largest absolute Gasteiger partial charge is 0.379 e. The predicted octanol–water partition coefficient (Wildman–Crippen LogP) is 2.66. The van der Waals surface area contributed by atoms with E-state index in [4.69, 9.17) is 4.84 Å². The average molecular weight is 499 g/mol.